The van der Waals surface area contributed by atoms with E-state index in [1.807, 2.05) is 6.92 Å². The van der Waals surface area contributed by atoms with E-state index >= 15 is 0 Å². The lowest BCUT2D eigenvalue weighted by Gasteiger charge is -2.18. The molecule has 0 saturated carbocycles. The van der Waals surface area contributed by atoms with Crippen molar-refractivity contribution in [2.75, 3.05) is 5.32 Å². The maximum atomic E-state index is 9.03. The van der Waals surface area contributed by atoms with Gasteiger partial charge in [0.1, 0.15) is 11.9 Å². The summed E-state index contributed by atoms with van der Waals surface area (Å²) in [6, 6.07) is 10.7. The van der Waals surface area contributed by atoms with Gasteiger partial charge in [-0.15, -0.1) is 0 Å². The topological polar surface area (TPSA) is 48.7 Å². The largest absolute Gasteiger partial charge is 0.362 e. The summed E-state index contributed by atoms with van der Waals surface area (Å²) >= 11 is 12.3. The van der Waals surface area contributed by atoms with Gasteiger partial charge < -0.3 is 5.32 Å². The van der Waals surface area contributed by atoms with Crippen LogP contribution in [0, 0.1) is 11.3 Å². The highest BCUT2D eigenvalue weighted by atomic mass is 35.5. The van der Waals surface area contributed by atoms with Crippen LogP contribution in [0.25, 0.3) is 0 Å². The Labute approximate surface area is 121 Å². The Morgan fingerprint density at radius 1 is 1.21 bits per heavy atom. The number of hydrogen-bond donors (Lipinski definition) is 1. The van der Waals surface area contributed by atoms with Crippen LogP contribution >= 0.6 is 23.2 Å². The average Bonchev–Trinajstić information content (AvgIpc) is 2.39. The van der Waals surface area contributed by atoms with Gasteiger partial charge in [-0.25, -0.2) is 4.98 Å². The smallest absolute Gasteiger partial charge is 0.144 e. The van der Waals surface area contributed by atoms with Crippen LogP contribution in [0.5, 0.6) is 0 Å². The van der Waals surface area contributed by atoms with Crippen LogP contribution in [-0.4, -0.2) is 4.98 Å². The molecule has 0 saturated heterocycles. The van der Waals surface area contributed by atoms with E-state index in [0.717, 1.165) is 5.56 Å². The SMILES string of the molecule is CC(Nc1ncccc1C#N)c1c(Cl)cccc1Cl. The molecule has 0 radical (unpaired) electrons. The normalized spacial score (nSPS) is 11.7. The van der Waals surface area contributed by atoms with Crippen LogP contribution in [0.2, 0.25) is 10.0 Å². The summed E-state index contributed by atoms with van der Waals surface area (Å²) in [5.74, 6) is 0.522. The van der Waals surface area contributed by atoms with Gasteiger partial charge in [-0.05, 0) is 31.2 Å². The molecule has 0 bridgehead atoms. The molecule has 1 heterocycles. The van der Waals surface area contributed by atoms with Gasteiger partial charge in [-0.3, -0.25) is 0 Å². The molecule has 5 heteroatoms. The van der Waals surface area contributed by atoms with Crippen LogP contribution in [-0.2, 0) is 0 Å². The maximum Gasteiger partial charge on any atom is 0.144 e. The molecule has 96 valence electrons. The number of benzene rings is 1. The molecule has 1 unspecified atom stereocenters. The lowest BCUT2D eigenvalue weighted by atomic mass is 10.1. The number of nitrogens with one attached hydrogen (secondary N) is 1. The summed E-state index contributed by atoms with van der Waals surface area (Å²) in [5, 5.41) is 13.4. The van der Waals surface area contributed by atoms with E-state index in [0.29, 0.717) is 21.4 Å². The van der Waals surface area contributed by atoms with Gasteiger partial charge in [-0.2, -0.15) is 5.26 Å². The molecule has 1 N–H and O–H groups in total. The molecule has 3 nitrogen and oxygen atoms in total. The highest BCUT2D eigenvalue weighted by Gasteiger charge is 2.15. The number of hydrogen-bond acceptors (Lipinski definition) is 3. The predicted octanol–water partition coefficient (Wildman–Crippen LogP) is 4.43. The van der Waals surface area contributed by atoms with E-state index in [-0.39, 0.29) is 6.04 Å². The lowest BCUT2D eigenvalue weighted by Crippen LogP contribution is -2.10. The molecule has 1 atom stereocenters. The molecule has 0 amide bonds. The molecule has 2 aromatic rings. The molecular formula is C14H11Cl2N3. The summed E-state index contributed by atoms with van der Waals surface area (Å²) in [6.45, 7) is 1.92. The molecular weight excluding hydrogens is 281 g/mol. The number of nitriles is 1. The van der Waals surface area contributed by atoms with Crippen molar-refractivity contribution >= 4 is 29.0 Å². The summed E-state index contributed by atoms with van der Waals surface area (Å²) in [5.41, 5.74) is 1.28. The van der Waals surface area contributed by atoms with Gasteiger partial charge in [-0.1, -0.05) is 29.3 Å². The number of pyridine rings is 1. The second-order valence-corrected chi connectivity index (χ2v) is 4.83. The van der Waals surface area contributed by atoms with Gasteiger partial charge in [0, 0.05) is 21.8 Å². The third-order valence-electron chi connectivity index (χ3n) is 2.71. The minimum atomic E-state index is -0.150. The van der Waals surface area contributed by atoms with Crippen LogP contribution in [0.1, 0.15) is 24.1 Å². The van der Waals surface area contributed by atoms with E-state index in [2.05, 4.69) is 16.4 Å². The maximum absolute atomic E-state index is 9.03. The fraction of sp³-hybridized carbons (Fsp3) is 0.143. The zero-order valence-electron chi connectivity index (χ0n) is 10.2. The Hall–Kier alpha value is -1.76. The van der Waals surface area contributed by atoms with E-state index < -0.39 is 0 Å². The van der Waals surface area contributed by atoms with Crippen molar-refractivity contribution in [1.29, 1.82) is 5.26 Å². The van der Waals surface area contributed by atoms with Gasteiger partial charge in [0.25, 0.3) is 0 Å². The Balaban J connectivity index is 2.32. The molecule has 0 aliphatic heterocycles. The predicted molar refractivity (Wildman–Crippen MR) is 77.5 cm³/mol. The lowest BCUT2D eigenvalue weighted by molar-refractivity contribution is 0.874. The second-order valence-electron chi connectivity index (χ2n) is 4.01. The minimum absolute atomic E-state index is 0.150. The van der Waals surface area contributed by atoms with Crippen molar-refractivity contribution in [1.82, 2.24) is 4.98 Å². The van der Waals surface area contributed by atoms with Gasteiger partial charge in [0.05, 0.1) is 11.6 Å². The molecule has 1 aromatic heterocycles. The second kappa shape index (κ2) is 5.92. The third kappa shape index (κ3) is 2.98. The fourth-order valence-corrected chi connectivity index (χ4v) is 2.54. The number of aromatic nitrogens is 1. The Morgan fingerprint density at radius 2 is 1.89 bits per heavy atom. The average molecular weight is 292 g/mol. The number of anilines is 1. The standard InChI is InChI=1S/C14H11Cl2N3/c1-9(13-11(15)5-2-6-12(13)16)19-14-10(8-17)4-3-7-18-14/h2-7,9H,1H3,(H,18,19). The summed E-state index contributed by atoms with van der Waals surface area (Å²) in [6.07, 6.45) is 1.63. The molecule has 19 heavy (non-hydrogen) atoms. The molecule has 0 spiro atoms. The van der Waals surface area contributed by atoms with Crippen molar-refractivity contribution in [3.05, 3.63) is 57.7 Å². The first kappa shape index (κ1) is 13.7. The first-order chi connectivity index (χ1) is 9.13. The molecule has 1 aromatic carbocycles. The zero-order valence-corrected chi connectivity index (χ0v) is 11.7. The van der Waals surface area contributed by atoms with Crippen LogP contribution in [0.3, 0.4) is 0 Å². The number of nitrogens with zero attached hydrogens (tertiary/aromatic N) is 2. The monoisotopic (exact) mass is 291 g/mol. The Bertz CT molecular complexity index is 615. The van der Waals surface area contributed by atoms with Gasteiger partial charge in [0.2, 0.25) is 0 Å². The molecule has 0 aliphatic rings. The number of halogens is 2. The first-order valence-electron chi connectivity index (χ1n) is 5.69. The van der Waals surface area contributed by atoms with Gasteiger partial charge in [0.15, 0.2) is 0 Å². The van der Waals surface area contributed by atoms with E-state index in [1.54, 1.807) is 36.5 Å². The Kier molecular flexibility index (Phi) is 4.26. The summed E-state index contributed by atoms with van der Waals surface area (Å²) in [7, 11) is 0. The molecule has 2 rings (SSSR count). The van der Waals surface area contributed by atoms with Crippen molar-refractivity contribution in [3.8, 4) is 6.07 Å². The molecule has 0 aliphatic carbocycles. The quantitative estimate of drug-likeness (QED) is 0.910. The molecule has 0 fully saturated rings. The number of rotatable bonds is 3. The van der Waals surface area contributed by atoms with Crippen molar-refractivity contribution < 1.29 is 0 Å². The third-order valence-corrected chi connectivity index (χ3v) is 3.37. The Morgan fingerprint density at radius 3 is 2.53 bits per heavy atom. The highest BCUT2D eigenvalue weighted by molar-refractivity contribution is 6.36. The highest BCUT2D eigenvalue weighted by Crippen LogP contribution is 2.32. The van der Waals surface area contributed by atoms with E-state index in [9.17, 15) is 0 Å². The van der Waals surface area contributed by atoms with E-state index in [4.69, 9.17) is 28.5 Å². The van der Waals surface area contributed by atoms with Crippen molar-refractivity contribution in [3.63, 3.8) is 0 Å². The van der Waals surface area contributed by atoms with Crippen molar-refractivity contribution in [2.24, 2.45) is 0 Å². The summed E-state index contributed by atoms with van der Waals surface area (Å²) in [4.78, 5) is 4.15. The van der Waals surface area contributed by atoms with E-state index in [1.165, 1.54) is 0 Å². The van der Waals surface area contributed by atoms with Crippen LogP contribution < -0.4 is 5.32 Å². The van der Waals surface area contributed by atoms with Crippen LogP contribution in [0.4, 0.5) is 5.82 Å². The summed E-state index contributed by atoms with van der Waals surface area (Å²) < 4.78 is 0. The van der Waals surface area contributed by atoms with Gasteiger partial charge >= 0.3 is 0 Å². The first-order valence-corrected chi connectivity index (χ1v) is 6.44. The minimum Gasteiger partial charge on any atom is -0.362 e. The zero-order chi connectivity index (χ0) is 13.8. The van der Waals surface area contributed by atoms with Crippen LogP contribution in [0.15, 0.2) is 36.5 Å². The van der Waals surface area contributed by atoms with Crippen molar-refractivity contribution in [2.45, 2.75) is 13.0 Å². The fourth-order valence-electron chi connectivity index (χ4n) is 1.81.